The van der Waals surface area contributed by atoms with Crippen molar-refractivity contribution in [2.45, 2.75) is 63.8 Å². The van der Waals surface area contributed by atoms with E-state index in [1.165, 1.54) is 0 Å². The van der Waals surface area contributed by atoms with Gasteiger partial charge < -0.3 is 15.4 Å². The lowest BCUT2D eigenvalue weighted by molar-refractivity contribution is -0.125. The molecule has 0 bridgehead atoms. The van der Waals surface area contributed by atoms with E-state index >= 15 is 0 Å². The Labute approximate surface area is 97.1 Å². The zero-order chi connectivity index (χ0) is 11.5. The van der Waals surface area contributed by atoms with Crippen LogP contribution in [0.5, 0.6) is 0 Å². The van der Waals surface area contributed by atoms with Gasteiger partial charge in [-0.15, -0.1) is 0 Å². The highest BCUT2D eigenvalue weighted by atomic mass is 16.5. The molecule has 0 aromatic heterocycles. The third-order valence-electron chi connectivity index (χ3n) is 3.42. The Hall–Kier alpha value is -0.610. The minimum Gasteiger partial charge on any atom is -0.375 e. The van der Waals surface area contributed by atoms with Crippen LogP contribution in [0.1, 0.15) is 39.5 Å². The summed E-state index contributed by atoms with van der Waals surface area (Å²) in [5.74, 6) is 0.170. The van der Waals surface area contributed by atoms with Crippen LogP contribution in [0.25, 0.3) is 0 Å². The molecule has 2 rings (SSSR count). The lowest BCUT2D eigenvalue weighted by Gasteiger charge is -2.33. The predicted octanol–water partition coefficient (Wildman–Crippen LogP) is 0.811. The summed E-state index contributed by atoms with van der Waals surface area (Å²) in [5, 5.41) is 6.37. The summed E-state index contributed by atoms with van der Waals surface area (Å²) in [6, 6.07) is 0.321. The third-order valence-corrected chi connectivity index (χ3v) is 3.42. The van der Waals surface area contributed by atoms with Crippen molar-refractivity contribution in [1.29, 1.82) is 0 Å². The van der Waals surface area contributed by atoms with Gasteiger partial charge in [0.15, 0.2) is 0 Å². The molecule has 2 saturated heterocycles. The Morgan fingerprint density at radius 1 is 1.31 bits per heavy atom. The van der Waals surface area contributed by atoms with Crippen molar-refractivity contribution in [3.8, 4) is 0 Å². The predicted molar refractivity (Wildman–Crippen MR) is 62.2 cm³/mol. The van der Waals surface area contributed by atoms with E-state index < -0.39 is 0 Å². The number of hydrogen-bond acceptors (Lipinski definition) is 3. The number of amides is 1. The fourth-order valence-electron chi connectivity index (χ4n) is 2.73. The topological polar surface area (TPSA) is 50.4 Å². The fourth-order valence-corrected chi connectivity index (χ4v) is 2.73. The molecule has 4 heteroatoms. The zero-order valence-electron chi connectivity index (χ0n) is 10.2. The third kappa shape index (κ3) is 2.95. The van der Waals surface area contributed by atoms with Crippen molar-refractivity contribution < 1.29 is 9.53 Å². The van der Waals surface area contributed by atoms with Gasteiger partial charge in [-0.05, 0) is 46.1 Å². The molecule has 16 heavy (non-hydrogen) atoms. The second-order valence-electron chi connectivity index (χ2n) is 5.08. The summed E-state index contributed by atoms with van der Waals surface area (Å²) < 4.78 is 5.66. The van der Waals surface area contributed by atoms with Crippen LogP contribution in [0.3, 0.4) is 0 Å². The van der Waals surface area contributed by atoms with Crippen molar-refractivity contribution in [3.05, 3.63) is 0 Å². The van der Waals surface area contributed by atoms with E-state index in [1.54, 1.807) is 0 Å². The number of ether oxygens (including phenoxy) is 1. The van der Waals surface area contributed by atoms with Gasteiger partial charge in [-0.3, -0.25) is 4.79 Å². The van der Waals surface area contributed by atoms with Crippen LogP contribution in [-0.4, -0.2) is 36.7 Å². The number of carbonyl (C=O) groups excluding carboxylic acids is 1. The molecular formula is C12H22N2O2. The molecule has 4 nitrogen and oxygen atoms in total. The van der Waals surface area contributed by atoms with Gasteiger partial charge in [0.05, 0.1) is 18.2 Å². The molecule has 0 aromatic carbocycles. The first-order valence-corrected chi connectivity index (χ1v) is 6.34. The highest BCUT2D eigenvalue weighted by molar-refractivity contribution is 5.82. The van der Waals surface area contributed by atoms with Crippen molar-refractivity contribution >= 4 is 5.91 Å². The molecule has 2 heterocycles. The first-order valence-electron chi connectivity index (χ1n) is 6.34. The molecule has 1 amide bonds. The summed E-state index contributed by atoms with van der Waals surface area (Å²) >= 11 is 0. The molecule has 0 radical (unpaired) electrons. The van der Waals surface area contributed by atoms with E-state index in [-0.39, 0.29) is 30.2 Å². The second-order valence-corrected chi connectivity index (χ2v) is 5.08. The molecular weight excluding hydrogens is 204 g/mol. The minimum atomic E-state index is 0.0356. The van der Waals surface area contributed by atoms with Crippen molar-refractivity contribution in [1.82, 2.24) is 10.6 Å². The summed E-state index contributed by atoms with van der Waals surface area (Å²) in [6.07, 6.45) is 4.46. The van der Waals surface area contributed by atoms with Crippen LogP contribution in [-0.2, 0) is 9.53 Å². The van der Waals surface area contributed by atoms with E-state index in [0.717, 1.165) is 32.2 Å². The highest BCUT2D eigenvalue weighted by Gasteiger charge is 2.28. The Bertz CT molecular complexity index is 241. The first kappa shape index (κ1) is 11.9. The molecule has 2 N–H and O–H groups in total. The Morgan fingerprint density at radius 2 is 2.00 bits per heavy atom. The number of nitrogens with one attached hydrogen (secondary N) is 2. The molecule has 0 aliphatic carbocycles. The van der Waals surface area contributed by atoms with E-state index in [2.05, 4.69) is 24.5 Å². The maximum Gasteiger partial charge on any atom is 0.237 e. The number of hydrogen-bond donors (Lipinski definition) is 2. The normalized spacial score (nSPS) is 39.6. The lowest BCUT2D eigenvalue weighted by Crippen LogP contribution is -2.49. The van der Waals surface area contributed by atoms with Crippen LogP contribution in [0.4, 0.5) is 0 Å². The van der Waals surface area contributed by atoms with Crippen molar-refractivity contribution in [2.24, 2.45) is 0 Å². The molecule has 3 unspecified atom stereocenters. The summed E-state index contributed by atoms with van der Waals surface area (Å²) in [4.78, 5) is 11.9. The van der Waals surface area contributed by atoms with Gasteiger partial charge in [-0.1, -0.05) is 0 Å². The summed E-state index contributed by atoms with van der Waals surface area (Å²) in [5.41, 5.74) is 0. The lowest BCUT2D eigenvalue weighted by atomic mass is 9.99. The summed E-state index contributed by atoms with van der Waals surface area (Å²) in [6.45, 7) is 5.12. The van der Waals surface area contributed by atoms with Gasteiger partial charge in [0.2, 0.25) is 5.91 Å². The van der Waals surface area contributed by atoms with Gasteiger partial charge in [-0.2, -0.15) is 0 Å². The maximum absolute atomic E-state index is 11.9. The van der Waals surface area contributed by atoms with Gasteiger partial charge in [0, 0.05) is 6.04 Å². The largest absolute Gasteiger partial charge is 0.375 e. The zero-order valence-corrected chi connectivity index (χ0v) is 10.2. The maximum atomic E-state index is 11.9. The van der Waals surface area contributed by atoms with Gasteiger partial charge in [0.1, 0.15) is 0 Å². The van der Waals surface area contributed by atoms with Crippen LogP contribution in [0.2, 0.25) is 0 Å². The molecule has 0 aromatic rings. The molecule has 2 aliphatic heterocycles. The Balaban J connectivity index is 1.81. The molecule has 2 fully saturated rings. The van der Waals surface area contributed by atoms with Gasteiger partial charge >= 0.3 is 0 Å². The SMILES string of the molecule is CC1CC(NC(=O)C2CCCN2)CC(C)O1. The molecule has 92 valence electrons. The van der Waals surface area contributed by atoms with Gasteiger partial charge in [-0.25, -0.2) is 0 Å². The summed E-state index contributed by atoms with van der Waals surface area (Å²) in [7, 11) is 0. The van der Waals surface area contributed by atoms with Crippen LogP contribution >= 0.6 is 0 Å². The average Bonchev–Trinajstić information content (AvgIpc) is 2.68. The van der Waals surface area contributed by atoms with E-state index in [0.29, 0.717) is 0 Å². The number of carbonyl (C=O) groups is 1. The Morgan fingerprint density at radius 3 is 2.56 bits per heavy atom. The van der Waals surface area contributed by atoms with E-state index in [9.17, 15) is 4.79 Å². The van der Waals surface area contributed by atoms with Gasteiger partial charge in [0.25, 0.3) is 0 Å². The Kier molecular flexibility index (Phi) is 3.82. The average molecular weight is 226 g/mol. The standard InChI is InChI=1S/C12H22N2O2/c1-8-6-10(7-9(2)16-8)14-12(15)11-4-3-5-13-11/h8-11,13H,3-7H2,1-2H3,(H,14,15). The van der Waals surface area contributed by atoms with Crippen LogP contribution in [0.15, 0.2) is 0 Å². The monoisotopic (exact) mass is 226 g/mol. The minimum absolute atomic E-state index is 0.0356. The highest BCUT2D eigenvalue weighted by Crippen LogP contribution is 2.19. The van der Waals surface area contributed by atoms with E-state index in [1.807, 2.05) is 0 Å². The molecule has 3 atom stereocenters. The second kappa shape index (κ2) is 5.15. The molecule has 2 aliphatic rings. The van der Waals surface area contributed by atoms with Crippen LogP contribution < -0.4 is 10.6 Å². The quantitative estimate of drug-likeness (QED) is 0.732. The van der Waals surface area contributed by atoms with E-state index in [4.69, 9.17) is 4.74 Å². The fraction of sp³-hybridized carbons (Fsp3) is 0.917. The van der Waals surface area contributed by atoms with Crippen molar-refractivity contribution in [3.63, 3.8) is 0 Å². The first-order chi connectivity index (χ1) is 7.65. The van der Waals surface area contributed by atoms with Crippen LogP contribution in [0, 0.1) is 0 Å². The number of rotatable bonds is 2. The smallest absolute Gasteiger partial charge is 0.237 e. The van der Waals surface area contributed by atoms with Crippen molar-refractivity contribution in [2.75, 3.05) is 6.54 Å². The molecule has 0 saturated carbocycles. The molecule has 0 spiro atoms.